The Morgan fingerprint density at radius 1 is 1.14 bits per heavy atom. The first-order valence-electron chi connectivity index (χ1n) is 9.23. The summed E-state index contributed by atoms with van der Waals surface area (Å²) < 4.78 is 26.6. The SMILES string of the molecule is C[C@H](C(=O)NCc1cccs1)N1CCN(S(=O)(=O)/C=C/c2ccccc2)CC1. The van der Waals surface area contributed by atoms with E-state index in [2.05, 4.69) is 5.32 Å². The summed E-state index contributed by atoms with van der Waals surface area (Å²) in [6.45, 7) is 4.22. The van der Waals surface area contributed by atoms with E-state index in [9.17, 15) is 13.2 Å². The van der Waals surface area contributed by atoms with Gasteiger partial charge in [-0.3, -0.25) is 9.69 Å². The van der Waals surface area contributed by atoms with Crippen LogP contribution in [0.1, 0.15) is 17.4 Å². The molecule has 150 valence electrons. The van der Waals surface area contributed by atoms with Crippen LogP contribution >= 0.6 is 11.3 Å². The van der Waals surface area contributed by atoms with E-state index in [1.54, 1.807) is 17.4 Å². The second-order valence-electron chi connectivity index (χ2n) is 6.67. The molecular formula is C20H25N3O3S2. The molecule has 0 saturated carbocycles. The van der Waals surface area contributed by atoms with Crippen LogP contribution in [0, 0.1) is 0 Å². The molecular weight excluding hydrogens is 394 g/mol. The maximum Gasteiger partial charge on any atom is 0.237 e. The molecule has 1 fully saturated rings. The summed E-state index contributed by atoms with van der Waals surface area (Å²) in [7, 11) is -3.46. The molecule has 1 saturated heterocycles. The van der Waals surface area contributed by atoms with Gasteiger partial charge in [-0.1, -0.05) is 36.4 Å². The highest BCUT2D eigenvalue weighted by Gasteiger charge is 2.29. The topological polar surface area (TPSA) is 69.7 Å². The molecule has 8 heteroatoms. The van der Waals surface area contributed by atoms with E-state index in [1.807, 2.05) is 59.7 Å². The maximum atomic E-state index is 12.5. The fourth-order valence-electron chi connectivity index (χ4n) is 3.06. The predicted molar refractivity (Wildman–Crippen MR) is 113 cm³/mol. The molecule has 28 heavy (non-hydrogen) atoms. The van der Waals surface area contributed by atoms with E-state index in [4.69, 9.17) is 0 Å². The Morgan fingerprint density at radius 3 is 2.50 bits per heavy atom. The minimum atomic E-state index is -3.46. The minimum absolute atomic E-state index is 0.0336. The van der Waals surface area contributed by atoms with Gasteiger partial charge >= 0.3 is 0 Å². The van der Waals surface area contributed by atoms with Crippen molar-refractivity contribution < 1.29 is 13.2 Å². The van der Waals surface area contributed by atoms with Crippen LogP contribution in [0.15, 0.2) is 53.3 Å². The second kappa shape index (κ2) is 9.47. The highest BCUT2D eigenvalue weighted by atomic mass is 32.2. The third-order valence-corrected chi connectivity index (χ3v) is 7.25. The number of nitrogens with zero attached hydrogens (tertiary/aromatic N) is 2. The lowest BCUT2D eigenvalue weighted by Crippen LogP contribution is -2.54. The van der Waals surface area contributed by atoms with E-state index in [0.717, 1.165) is 10.4 Å². The van der Waals surface area contributed by atoms with Gasteiger partial charge in [-0.05, 0) is 30.0 Å². The predicted octanol–water partition coefficient (Wildman–Crippen LogP) is 2.37. The van der Waals surface area contributed by atoms with Gasteiger partial charge in [0.25, 0.3) is 0 Å². The zero-order chi connectivity index (χ0) is 20.0. The molecule has 0 unspecified atom stereocenters. The number of nitrogens with one attached hydrogen (secondary N) is 1. The molecule has 0 bridgehead atoms. The number of hydrogen-bond donors (Lipinski definition) is 1. The van der Waals surface area contributed by atoms with Gasteiger partial charge in [-0.15, -0.1) is 11.3 Å². The molecule has 1 amide bonds. The lowest BCUT2D eigenvalue weighted by atomic mass is 10.2. The summed E-state index contributed by atoms with van der Waals surface area (Å²) >= 11 is 1.61. The summed E-state index contributed by atoms with van der Waals surface area (Å²) in [5.74, 6) is -0.0336. The van der Waals surface area contributed by atoms with Gasteiger partial charge < -0.3 is 5.32 Å². The summed E-state index contributed by atoms with van der Waals surface area (Å²) in [5, 5.41) is 6.19. The fourth-order valence-corrected chi connectivity index (χ4v) is 4.88. The Bertz CT molecular complexity index is 888. The summed E-state index contributed by atoms with van der Waals surface area (Å²) in [6, 6.07) is 13.0. The number of hydrogen-bond acceptors (Lipinski definition) is 5. The average molecular weight is 420 g/mol. The third kappa shape index (κ3) is 5.51. The van der Waals surface area contributed by atoms with Crippen molar-refractivity contribution >= 4 is 33.3 Å². The number of benzene rings is 1. The molecule has 2 heterocycles. The monoisotopic (exact) mass is 419 g/mol. The number of carbonyl (C=O) groups is 1. The molecule has 0 radical (unpaired) electrons. The van der Waals surface area contributed by atoms with E-state index >= 15 is 0 Å². The smallest absolute Gasteiger partial charge is 0.237 e. The van der Waals surface area contributed by atoms with E-state index in [-0.39, 0.29) is 11.9 Å². The van der Waals surface area contributed by atoms with Crippen LogP contribution in [0.5, 0.6) is 0 Å². The van der Waals surface area contributed by atoms with Gasteiger partial charge in [0.2, 0.25) is 15.9 Å². The van der Waals surface area contributed by atoms with Crippen molar-refractivity contribution in [3.8, 4) is 0 Å². The van der Waals surface area contributed by atoms with Crippen molar-refractivity contribution in [2.75, 3.05) is 26.2 Å². The van der Waals surface area contributed by atoms with Crippen LogP contribution < -0.4 is 5.32 Å². The van der Waals surface area contributed by atoms with Gasteiger partial charge in [0.15, 0.2) is 0 Å². The Kier molecular flexibility index (Phi) is 7.01. The van der Waals surface area contributed by atoms with Crippen LogP contribution in [-0.2, 0) is 21.4 Å². The lowest BCUT2D eigenvalue weighted by molar-refractivity contribution is -0.126. The van der Waals surface area contributed by atoms with E-state index < -0.39 is 10.0 Å². The quantitative estimate of drug-likeness (QED) is 0.748. The average Bonchev–Trinajstić information content (AvgIpc) is 3.24. The number of amides is 1. The van der Waals surface area contributed by atoms with Crippen molar-refractivity contribution in [1.29, 1.82) is 0 Å². The van der Waals surface area contributed by atoms with Crippen LogP contribution in [0.2, 0.25) is 0 Å². The molecule has 1 N–H and O–H groups in total. The summed E-state index contributed by atoms with van der Waals surface area (Å²) in [5.41, 5.74) is 0.848. The van der Waals surface area contributed by atoms with Gasteiger partial charge in [-0.25, -0.2) is 8.42 Å². The molecule has 3 rings (SSSR count). The number of piperazine rings is 1. The van der Waals surface area contributed by atoms with Crippen LogP contribution in [0.4, 0.5) is 0 Å². The first kappa shape index (κ1) is 20.7. The number of sulfonamides is 1. The molecule has 2 aromatic rings. The van der Waals surface area contributed by atoms with E-state index in [1.165, 1.54) is 9.71 Å². The van der Waals surface area contributed by atoms with E-state index in [0.29, 0.717) is 32.7 Å². The van der Waals surface area contributed by atoms with Crippen molar-refractivity contribution in [2.45, 2.75) is 19.5 Å². The standard InChI is InChI=1S/C20H25N3O3S2/c1-17(20(24)21-16-19-8-5-14-27-19)22-10-12-23(13-11-22)28(25,26)15-9-18-6-3-2-4-7-18/h2-9,14-15,17H,10-13,16H2,1H3,(H,21,24)/b15-9+/t17-/m1/s1. The molecule has 1 aliphatic rings. The van der Waals surface area contributed by atoms with Gasteiger partial charge in [0, 0.05) is 36.5 Å². The molecule has 1 atom stereocenters. The third-order valence-electron chi connectivity index (χ3n) is 4.81. The molecule has 0 aliphatic carbocycles. The molecule has 1 aromatic carbocycles. The van der Waals surface area contributed by atoms with Crippen LogP contribution in [0.25, 0.3) is 6.08 Å². The van der Waals surface area contributed by atoms with Crippen LogP contribution in [0.3, 0.4) is 0 Å². The first-order chi connectivity index (χ1) is 13.5. The van der Waals surface area contributed by atoms with Crippen molar-refractivity contribution in [3.05, 3.63) is 63.7 Å². The Balaban J connectivity index is 1.50. The van der Waals surface area contributed by atoms with Crippen LogP contribution in [-0.4, -0.2) is 55.8 Å². The number of carbonyl (C=O) groups excluding carboxylic acids is 1. The lowest BCUT2D eigenvalue weighted by Gasteiger charge is -2.36. The molecule has 0 spiro atoms. The maximum absolute atomic E-state index is 12.5. The molecule has 6 nitrogen and oxygen atoms in total. The first-order valence-corrected chi connectivity index (χ1v) is 11.6. The second-order valence-corrected chi connectivity index (χ2v) is 9.52. The van der Waals surface area contributed by atoms with Crippen molar-refractivity contribution in [3.63, 3.8) is 0 Å². The summed E-state index contributed by atoms with van der Waals surface area (Å²) in [6.07, 6.45) is 1.61. The highest BCUT2D eigenvalue weighted by Crippen LogP contribution is 2.14. The number of rotatable bonds is 7. The Labute approximate surface area is 170 Å². The number of thiophene rings is 1. The summed E-state index contributed by atoms with van der Waals surface area (Å²) in [4.78, 5) is 15.5. The van der Waals surface area contributed by atoms with Crippen molar-refractivity contribution in [2.24, 2.45) is 0 Å². The molecule has 1 aliphatic heterocycles. The van der Waals surface area contributed by atoms with Gasteiger partial charge in [0.05, 0.1) is 12.6 Å². The Morgan fingerprint density at radius 2 is 1.86 bits per heavy atom. The van der Waals surface area contributed by atoms with Gasteiger partial charge in [-0.2, -0.15) is 4.31 Å². The largest absolute Gasteiger partial charge is 0.350 e. The molecule has 1 aromatic heterocycles. The fraction of sp³-hybridized carbons (Fsp3) is 0.350. The minimum Gasteiger partial charge on any atom is -0.350 e. The Hall–Kier alpha value is -2.00. The van der Waals surface area contributed by atoms with Crippen molar-refractivity contribution in [1.82, 2.24) is 14.5 Å². The zero-order valence-electron chi connectivity index (χ0n) is 15.8. The zero-order valence-corrected chi connectivity index (χ0v) is 17.5. The normalized spacial score (nSPS) is 17.6. The highest BCUT2D eigenvalue weighted by molar-refractivity contribution is 7.92. The van der Waals surface area contributed by atoms with Gasteiger partial charge in [0.1, 0.15) is 0 Å².